The molecule has 1 fully saturated rings. The molecule has 0 bridgehead atoms. The van der Waals surface area contributed by atoms with Gasteiger partial charge >= 0.3 is 0 Å². The molecule has 0 aliphatic carbocycles. The third kappa shape index (κ3) is 5.15. The van der Waals surface area contributed by atoms with Gasteiger partial charge < -0.3 is 9.47 Å². The highest BCUT2D eigenvalue weighted by Crippen LogP contribution is 2.30. The maximum Gasteiger partial charge on any atom is 0.168 e. The van der Waals surface area contributed by atoms with Gasteiger partial charge in [-0.1, -0.05) is 35.7 Å². The average Bonchev–Trinajstić information content (AvgIpc) is 2.31. The maximum atomic E-state index is 5.92. The van der Waals surface area contributed by atoms with Crippen molar-refractivity contribution in [1.29, 1.82) is 0 Å². The van der Waals surface area contributed by atoms with Gasteiger partial charge in [0.2, 0.25) is 0 Å². The second-order valence-electron chi connectivity index (χ2n) is 4.56. The van der Waals surface area contributed by atoms with Crippen LogP contribution in [-0.4, -0.2) is 24.3 Å². The number of halogens is 1. The lowest BCUT2D eigenvalue weighted by Gasteiger charge is -2.37. The van der Waals surface area contributed by atoms with Crippen LogP contribution in [0.5, 0.6) is 0 Å². The summed E-state index contributed by atoms with van der Waals surface area (Å²) in [5, 5.41) is 1.08. The molecule has 0 saturated carbocycles. The Morgan fingerprint density at radius 1 is 1.00 bits per heavy atom. The van der Waals surface area contributed by atoms with Crippen molar-refractivity contribution in [2.75, 3.05) is 18.5 Å². The van der Waals surface area contributed by atoms with Gasteiger partial charge in [0, 0.05) is 18.2 Å². The molecule has 0 aromatic heterocycles. The first-order chi connectivity index (χ1) is 7.83. The fourth-order valence-corrected chi connectivity index (χ4v) is 2.56. The summed E-state index contributed by atoms with van der Waals surface area (Å²) in [6.07, 6.45) is 9.36. The SMILES string of the molecule is CCCCCC1(CCCCBr)OCCCO1. The maximum absolute atomic E-state index is 5.92. The van der Waals surface area contributed by atoms with Crippen molar-refractivity contribution in [3.8, 4) is 0 Å². The van der Waals surface area contributed by atoms with Gasteiger partial charge in [0.05, 0.1) is 13.2 Å². The summed E-state index contributed by atoms with van der Waals surface area (Å²) >= 11 is 3.47. The van der Waals surface area contributed by atoms with Crippen LogP contribution in [0, 0.1) is 0 Å². The smallest absolute Gasteiger partial charge is 0.168 e. The van der Waals surface area contributed by atoms with Crippen LogP contribution in [0.3, 0.4) is 0 Å². The molecule has 0 amide bonds. The number of alkyl halides is 1. The largest absolute Gasteiger partial charge is 0.350 e. The second-order valence-corrected chi connectivity index (χ2v) is 5.36. The van der Waals surface area contributed by atoms with Crippen LogP contribution >= 0.6 is 15.9 Å². The second kappa shape index (κ2) is 8.48. The Morgan fingerprint density at radius 2 is 1.62 bits per heavy atom. The molecule has 2 nitrogen and oxygen atoms in total. The summed E-state index contributed by atoms with van der Waals surface area (Å²) in [5.74, 6) is -0.240. The standard InChI is InChI=1S/C13H25BrO2/c1-2-3-4-8-13(9-5-6-10-14)15-11-7-12-16-13/h2-12H2,1H3. The summed E-state index contributed by atoms with van der Waals surface area (Å²) in [6, 6.07) is 0. The Morgan fingerprint density at radius 3 is 2.19 bits per heavy atom. The highest BCUT2D eigenvalue weighted by atomic mass is 79.9. The molecule has 0 unspecified atom stereocenters. The van der Waals surface area contributed by atoms with E-state index >= 15 is 0 Å². The molecule has 0 atom stereocenters. The normalized spacial score (nSPS) is 19.9. The molecule has 1 rings (SSSR count). The molecule has 0 spiro atoms. The fraction of sp³-hybridized carbons (Fsp3) is 1.00. The Kier molecular flexibility index (Phi) is 7.67. The van der Waals surface area contributed by atoms with E-state index in [4.69, 9.17) is 9.47 Å². The zero-order valence-electron chi connectivity index (χ0n) is 10.5. The molecule has 1 aliphatic rings. The van der Waals surface area contributed by atoms with Gasteiger partial charge in [0.25, 0.3) is 0 Å². The molecule has 96 valence electrons. The Hall–Kier alpha value is 0.400. The summed E-state index contributed by atoms with van der Waals surface area (Å²) in [5.41, 5.74) is 0. The topological polar surface area (TPSA) is 18.5 Å². The Labute approximate surface area is 108 Å². The lowest BCUT2D eigenvalue weighted by molar-refractivity contribution is -0.274. The van der Waals surface area contributed by atoms with E-state index in [1.165, 1.54) is 32.1 Å². The van der Waals surface area contributed by atoms with Gasteiger partial charge in [-0.15, -0.1) is 0 Å². The monoisotopic (exact) mass is 292 g/mol. The molecule has 0 aromatic carbocycles. The Balaban J connectivity index is 2.33. The summed E-state index contributed by atoms with van der Waals surface area (Å²) in [7, 11) is 0. The molecular weight excluding hydrogens is 268 g/mol. The molecule has 16 heavy (non-hydrogen) atoms. The molecule has 1 aliphatic heterocycles. The van der Waals surface area contributed by atoms with Crippen molar-refractivity contribution < 1.29 is 9.47 Å². The van der Waals surface area contributed by atoms with Crippen LogP contribution in [0.25, 0.3) is 0 Å². The average molecular weight is 293 g/mol. The Bertz CT molecular complexity index is 155. The van der Waals surface area contributed by atoms with Gasteiger partial charge in [-0.25, -0.2) is 0 Å². The molecular formula is C13H25BrO2. The molecule has 3 heteroatoms. The van der Waals surface area contributed by atoms with E-state index in [9.17, 15) is 0 Å². The van der Waals surface area contributed by atoms with Gasteiger partial charge in [0.1, 0.15) is 0 Å². The molecule has 0 N–H and O–H groups in total. The highest BCUT2D eigenvalue weighted by Gasteiger charge is 2.33. The third-order valence-corrected chi connectivity index (χ3v) is 3.68. The number of unbranched alkanes of at least 4 members (excludes halogenated alkanes) is 3. The first kappa shape index (κ1) is 14.5. The van der Waals surface area contributed by atoms with Crippen molar-refractivity contribution in [2.45, 2.75) is 64.1 Å². The third-order valence-electron chi connectivity index (χ3n) is 3.12. The first-order valence-corrected chi connectivity index (χ1v) is 7.79. The predicted molar refractivity (Wildman–Crippen MR) is 71.0 cm³/mol. The van der Waals surface area contributed by atoms with Gasteiger partial charge in [-0.05, 0) is 25.7 Å². The van der Waals surface area contributed by atoms with Crippen LogP contribution in [-0.2, 0) is 9.47 Å². The predicted octanol–water partition coefficient (Wildman–Crippen LogP) is 4.27. The van der Waals surface area contributed by atoms with Gasteiger partial charge in [0.15, 0.2) is 5.79 Å². The quantitative estimate of drug-likeness (QED) is 0.491. The van der Waals surface area contributed by atoms with Gasteiger partial charge in [-0.3, -0.25) is 0 Å². The van der Waals surface area contributed by atoms with E-state index in [1.54, 1.807) is 0 Å². The molecule has 1 heterocycles. The van der Waals surface area contributed by atoms with E-state index in [0.717, 1.165) is 37.8 Å². The van der Waals surface area contributed by atoms with Crippen LogP contribution in [0.2, 0.25) is 0 Å². The number of ether oxygens (including phenoxy) is 2. The summed E-state index contributed by atoms with van der Waals surface area (Å²) in [4.78, 5) is 0. The molecule has 0 radical (unpaired) electrons. The molecule has 0 aromatic rings. The van der Waals surface area contributed by atoms with Crippen LogP contribution in [0.4, 0.5) is 0 Å². The number of hydrogen-bond donors (Lipinski definition) is 0. The first-order valence-electron chi connectivity index (χ1n) is 6.67. The van der Waals surface area contributed by atoms with Crippen LogP contribution < -0.4 is 0 Å². The van der Waals surface area contributed by atoms with Crippen molar-refractivity contribution >= 4 is 15.9 Å². The number of hydrogen-bond acceptors (Lipinski definition) is 2. The minimum absolute atomic E-state index is 0.240. The zero-order valence-corrected chi connectivity index (χ0v) is 12.1. The summed E-state index contributed by atoms with van der Waals surface area (Å²) in [6.45, 7) is 3.99. The van der Waals surface area contributed by atoms with Crippen molar-refractivity contribution in [2.24, 2.45) is 0 Å². The number of rotatable bonds is 8. The van der Waals surface area contributed by atoms with E-state index < -0.39 is 0 Å². The molecule has 1 saturated heterocycles. The van der Waals surface area contributed by atoms with Gasteiger partial charge in [-0.2, -0.15) is 0 Å². The van der Waals surface area contributed by atoms with Crippen molar-refractivity contribution in [3.05, 3.63) is 0 Å². The van der Waals surface area contributed by atoms with E-state index in [1.807, 2.05) is 0 Å². The van der Waals surface area contributed by atoms with E-state index in [-0.39, 0.29) is 5.79 Å². The zero-order chi connectivity index (χ0) is 11.7. The minimum Gasteiger partial charge on any atom is -0.350 e. The van der Waals surface area contributed by atoms with Crippen molar-refractivity contribution in [3.63, 3.8) is 0 Å². The van der Waals surface area contributed by atoms with Crippen LogP contribution in [0.1, 0.15) is 58.3 Å². The lowest BCUT2D eigenvalue weighted by Crippen LogP contribution is -2.40. The van der Waals surface area contributed by atoms with E-state index in [0.29, 0.717) is 0 Å². The van der Waals surface area contributed by atoms with Crippen LogP contribution in [0.15, 0.2) is 0 Å². The fourth-order valence-electron chi connectivity index (χ4n) is 2.16. The minimum atomic E-state index is -0.240. The van der Waals surface area contributed by atoms with Crippen molar-refractivity contribution in [1.82, 2.24) is 0 Å². The highest BCUT2D eigenvalue weighted by molar-refractivity contribution is 9.09. The summed E-state index contributed by atoms with van der Waals surface area (Å²) < 4.78 is 11.8. The lowest BCUT2D eigenvalue weighted by atomic mass is 10.0. The van der Waals surface area contributed by atoms with E-state index in [2.05, 4.69) is 22.9 Å².